The van der Waals surface area contributed by atoms with Crippen molar-refractivity contribution < 1.29 is 0 Å². The molecule has 1 saturated heterocycles. The van der Waals surface area contributed by atoms with Gasteiger partial charge < -0.3 is 5.32 Å². The van der Waals surface area contributed by atoms with Gasteiger partial charge in [-0.25, -0.2) is 0 Å². The molecule has 0 amide bonds. The number of nitrogens with one attached hydrogen (secondary N) is 1. The van der Waals surface area contributed by atoms with E-state index in [1.165, 1.54) is 51.6 Å². The zero-order valence-corrected chi connectivity index (χ0v) is 14.0. The van der Waals surface area contributed by atoms with Crippen molar-refractivity contribution in [2.45, 2.75) is 44.9 Å². The van der Waals surface area contributed by atoms with Gasteiger partial charge in [-0.05, 0) is 81.5 Å². The predicted octanol–water partition coefficient (Wildman–Crippen LogP) is 5.11. The van der Waals surface area contributed by atoms with E-state index in [2.05, 4.69) is 29.6 Å². The fourth-order valence-corrected chi connectivity index (χ4v) is 5.12. The Kier molecular flexibility index (Phi) is 4.28. The Hall–Kier alpha value is -0.790. The van der Waals surface area contributed by atoms with Crippen LogP contribution in [0, 0.1) is 17.8 Å². The molecule has 0 aromatic heterocycles. The minimum Gasteiger partial charge on any atom is -0.317 e. The summed E-state index contributed by atoms with van der Waals surface area (Å²) in [5, 5.41) is 4.50. The quantitative estimate of drug-likeness (QED) is 0.709. The second-order valence-corrected chi connectivity index (χ2v) is 7.71. The summed E-state index contributed by atoms with van der Waals surface area (Å²) in [6, 6.07) is 0. The molecular weight excluding hydrogens is 290 g/mol. The molecule has 3 aliphatic carbocycles. The van der Waals surface area contributed by atoms with E-state index in [1.807, 2.05) is 0 Å². The summed E-state index contributed by atoms with van der Waals surface area (Å²) in [7, 11) is 0. The van der Waals surface area contributed by atoms with Crippen LogP contribution in [0.3, 0.4) is 0 Å². The molecule has 2 unspecified atom stereocenters. The van der Waals surface area contributed by atoms with Crippen LogP contribution in [0.2, 0.25) is 0 Å². The van der Waals surface area contributed by atoms with Crippen molar-refractivity contribution in [2.24, 2.45) is 17.8 Å². The number of piperidine rings is 1. The van der Waals surface area contributed by atoms with Crippen molar-refractivity contribution in [1.82, 2.24) is 5.32 Å². The summed E-state index contributed by atoms with van der Waals surface area (Å²) < 4.78 is 0. The van der Waals surface area contributed by atoms with Gasteiger partial charge in [0, 0.05) is 11.0 Å². The highest BCUT2D eigenvalue weighted by atomic mass is 35.5. The standard InChI is InChI=1S/C20H26ClN/c21-17-8-7-15-6-5-14-3-1-2-4-18(14)20(19(15)13-17)16-9-11-22-12-10-16/h2,4,8,13,15-16,20,22H,1,3,5-7,9-12H2. The molecule has 0 aromatic rings. The number of hydrogen-bond donors (Lipinski definition) is 1. The zero-order valence-electron chi connectivity index (χ0n) is 13.3. The third-order valence-electron chi connectivity index (χ3n) is 6.04. The highest BCUT2D eigenvalue weighted by molar-refractivity contribution is 6.31. The second kappa shape index (κ2) is 6.37. The lowest BCUT2D eigenvalue weighted by molar-refractivity contribution is 0.303. The van der Waals surface area contributed by atoms with Gasteiger partial charge in [-0.3, -0.25) is 0 Å². The lowest BCUT2D eigenvalue weighted by atomic mass is 9.70. The van der Waals surface area contributed by atoms with Crippen LogP contribution in [0.15, 0.2) is 46.1 Å². The molecule has 1 fully saturated rings. The molecule has 0 spiro atoms. The Morgan fingerprint density at radius 3 is 2.82 bits per heavy atom. The molecule has 0 aromatic carbocycles. The van der Waals surface area contributed by atoms with Gasteiger partial charge in [0.05, 0.1) is 0 Å². The SMILES string of the molecule is ClC1=CCC2CCC3=C(C=CCC3)C(C3CCNCC3)C2=C1. The summed E-state index contributed by atoms with van der Waals surface area (Å²) in [5.41, 5.74) is 5.06. The number of fused-ring (bicyclic) bond motifs is 1. The molecule has 4 aliphatic rings. The van der Waals surface area contributed by atoms with Gasteiger partial charge in [0.1, 0.15) is 0 Å². The molecule has 1 heterocycles. The molecule has 2 atom stereocenters. The van der Waals surface area contributed by atoms with Crippen molar-refractivity contribution >= 4 is 11.6 Å². The molecule has 0 radical (unpaired) electrons. The Balaban J connectivity index is 1.77. The minimum atomic E-state index is 0.628. The maximum absolute atomic E-state index is 6.41. The van der Waals surface area contributed by atoms with Gasteiger partial charge in [-0.1, -0.05) is 41.0 Å². The third kappa shape index (κ3) is 2.74. The molecule has 1 aliphatic heterocycles. The second-order valence-electron chi connectivity index (χ2n) is 7.27. The molecule has 1 N–H and O–H groups in total. The minimum absolute atomic E-state index is 0.628. The first kappa shape index (κ1) is 14.8. The Morgan fingerprint density at radius 1 is 1.09 bits per heavy atom. The van der Waals surface area contributed by atoms with Crippen molar-refractivity contribution in [3.63, 3.8) is 0 Å². The third-order valence-corrected chi connectivity index (χ3v) is 6.30. The van der Waals surface area contributed by atoms with Crippen molar-refractivity contribution in [2.75, 3.05) is 13.1 Å². The lowest BCUT2D eigenvalue weighted by Crippen LogP contribution is -2.34. The smallest absolute Gasteiger partial charge is 0.0366 e. The van der Waals surface area contributed by atoms with Crippen LogP contribution in [0.25, 0.3) is 0 Å². The zero-order chi connectivity index (χ0) is 14.9. The Morgan fingerprint density at radius 2 is 1.95 bits per heavy atom. The monoisotopic (exact) mass is 315 g/mol. The van der Waals surface area contributed by atoms with Crippen LogP contribution in [0.4, 0.5) is 0 Å². The predicted molar refractivity (Wildman–Crippen MR) is 93.8 cm³/mol. The van der Waals surface area contributed by atoms with E-state index in [4.69, 9.17) is 11.6 Å². The first-order chi connectivity index (χ1) is 10.8. The van der Waals surface area contributed by atoms with Crippen molar-refractivity contribution in [3.8, 4) is 0 Å². The van der Waals surface area contributed by atoms with Crippen LogP contribution in [-0.4, -0.2) is 13.1 Å². The van der Waals surface area contributed by atoms with E-state index in [9.17, 15) is 0 Å². The van der Waals surface area contributed by atoms with Crippen LogP contribution in [-0.2, 0) is 0 Å². The van der Waals surface area contributed by atoms with Crippen LogP contribution < -0.4 is 5.32 Å². The van der Waals surface area contributed by atoms with E-state index in [0.717, 1.165) is 23.3 Å². The average molecular weight is 316 g/mol. The van der Waals surface area contributed by atoms with Crippen LogP contribution >= 0.6 is 11.6 Å². The molecule has 4 rings (SSSR count). The molecule has 0 saturated carbocycles. The molecule has 118 valence electrons. The molecule has 0 bridgehead atoms. The summed E-state index contributed by atoms with van der Waals surface area (Å²) in [5.74, 6) is 2.15. The maximum atomic E-state index is 6.41. The van der Waals surface area contributed by atoms with Crippen LogP contribution in [0.1, 0.15) is 44.9 Å². The highest BCUT2D eigenvalue weighted by Crippen LogP contribution is 2.48. The number of hydrogen-bond acceptors (Lipinski definition) is 1. The van der Waals surface area contributed by atoms with E-state index in [1.54, 1.807) is 16.7 Å². The van der Waals surface area contributed by atoms with Gasteiger partial charge in [0.15, 0.2) is 0 Å². The highest BCUT2D eigenvalue weighted by Gasteiger charge is 2.36. The van der Waals surface area contributed by atoms with Gasteiger partial charge >= 0.3 is 0 Å². The van der Waals surface area contributed by atoms with Crippen molar-refractivity contribution in [1.29, 1.82) is 0 Å². The number of allylic oxidation sites excluding steroid dienone is 8. The van der Waals surface area contributed by atoms with Crippen molar-refractivity contribution in [3.05, 3.63) is 46.1 Å². The Labute approximate surface area is 139 Å². The van der Waals surface area contributed by atoms with E-state index < -0.39 is 0 Å². The Bertz CT molecular complexity index is 560. The summed E-state index contributed by atoms with van der Waals surface area (Å²) in [6.07, 6.45) is 18.3. The van der Waals surface area contributed by atoms with E-state index in [-0.39, 0.29) is 0 Å². The molecule has 1 nitrogen and oxygen atoms in total. The first-order valence-electron chi connectivity index (χ1n) is 8.99. The summed E-state index contributed by atoms with van der Waals surface area (Å²) in [6.45, 7) is 2.35. The maximum Gasteiger partial charge on any atom is 0.0366 e. The fourth-order valence-electron chi connectivity index (χ4n) is 4.91. The normalized spacial score (nSPS) is 32.8. The topological polar surface area (TPSA) is 12.0 Å². The molecule has 22 heavy (non-hydrogen) atoms. The van der Waals surface area contributed by atoms with E-state index >= 15 is 0 Å². The van der Waals surface area contributed by atoms with Gasteiger partial charge in [0.25, 0.3) is 0 Å². The fraction of sp³-hybridized carbons (Fsp3) is 0.600. The number of rotatable bonds is 1. The summed E-state index contributed by atoms with van der Waals surface area (Å²) >= 11 is 6.41. The van der Waals surface area contributed by atoms with Gasteiger partial charge in [-0.15, -0.1) is 0 Å². The lowest BCUT2D eigenvalue weighted by Gasteiger charge is -2.37. The van der Waals surface area contributed by atoms with E-state index in [0.29, 0.717) is 5.92 Å². The number of halogens is 1. The van der Waals surface area contributed by atoms with Gasteiger partial charge in [0.2, 0.25) is 0 Å². The first-order valence-corrected chi connectivity index (χ1v) is 9.37. The largest absolute Gasteiger partial charge is 0.317 e. The molecular formula is C20H26ClN. The summed E-state index contributed by atoms with van der Waals surface area (Å²) in [4.78, 5) is 0. The van der Waals surface area contributed by atoms with Gasteiger partial charge in [-0.2, -0.15) is 0 Å². The van der Waals surface area contributed by atoms with Crippen LogP contribution in [0.5, 0.6) is 0 Å². The molecule has 2 heteroatoms. The average Bonchev–Trinajstić information content (AvgIpc) is 2.72.